The largest absolute Gasteiger partial charge is 0.493 e. The minimum atomic E-state index is -0.0332. The summed E-state index contributed by atoms with van der Waals surface area (Å²) in [6.45, 7) is 1.26. The summed E-state index contributed by atoms with van der Waals surface area (Å²) in [5.41, 5.74) is 1.94. The SMILES string of the molecule is COc1cc(Br)c(CNCc2csc(=O)[nH]2)cc1OC. The number of hydrogen-bond donors (Lipinski definition) is 2. The van der Waals surface area contributed by atoms with Crippen LogP contribution < -0.4 is 19.7 Å². The molecule has 1 aromatic heterocycles. The molecule has 0 atom stereocenters. The lowest BCUT2D eigenvalue weighted by atomic mass is 10.2. The number of H-pyrrole nitrogens is 1. The van der Waals surface area contributed by atoms with Gasteiger partial charge in [0.25, 0.3) is 0 Å². The second-order valence-electron chi connectivity index (χ2n) is 4.08. The van der Waals surface area contributed by atoms with Gasteiger partial charge in [0.05, 0.1) is 14.2 Å². The number of aromatic amines is 1. The third kappa shape index (κ3) is 3.62. The van der Waals surface area contributed by atoms with Crippen LogP contribution in [0.2, 0.25) is 0 Å². The van der Waals surface area contributed by atoms with Crippen molar-refractivity contribution in [1.82, 2.24) is 10.3 Å². The first-order valence-electron chi connectivity index (χ1n) is 5.92. The standard InChI is InChI=1S/C13H15BrN2O3S/c1-18-11-3-8(10(14)4-12(11)19-2)5-15-6-9-7-20-13(17)16-9/h3-4,7,15H,5-6H2,1-2H3,(H,16,17). The van der Waals surface area contributed by atoms with Crippen molar-refractivity contribution in [3.05, 3.63) is 42.9 Å². The Hall–Kier alpha value is -1.31. The maximum atomic E-state index is 11.0. The van der Waals surface area contributed by atoms with Gasteiger partial charge < -0.3 is 19.8 Å². The van der Waals surface area contributed by atoms with E-state index < -0.39 is 0 Å². The molecule has 0 bridgehead atoms. The Kier molecular flexibility index (Phi) is 5.22. The van der Waals surface area contributed by atoms with Gasteiger partial charge in [0.2, 0.25) is 0 Å². The monoisotopic (exact) mass is 358 g/mol. The van der Waals surface area contributed by atoms with Gasteiger partial charge in [0.1, 0.15) is 0 Å². The van der Waals surface area contributed by atoms with E-state index in [1.807, 2.05) is 17.5 Å². The van der Waals surface area contributed by atoms with Crippen LogP contribution >= 0.6 is 27.3 Å². The summed E-state index contributed by atoms with van der Waals surface area (Å²) in [7, 11) is 3.22. The van der Waals surface area contributed by atoms with Gasteiger partial charge in [-0.25, -0.2) is 0 Å². The van der Waals surface area contributed by atoms with Crippen molar-refractivity contribution in [3.8, 4) is 11.5 Å². The van der Waals surface area contributed by atoms with Gasteiger partial charge in [-0.05, 0) is 17.7 Å². The topological polar surface area (TPSA) is 63.3 Å². The van der Waals surface area contributed by atoms with E-state index in [-0.39, 0.29) is 4.87 Å². The van der Waals surface area contributed by atoms with Crippen LogP contribution in [-0.2, 0) is 13.1 Å². The van der Waals surface area contributed by atoms with Crippen LogP contribution in [-0.4, -0.2) is 19.2 Å². The second kappa shape index (κ2) is 6.92. The van der Waals surface area contributed by atoms with Crippen molar-refractivity contribution >= 4 is 27.3 Å². The molecular formula is C13H15BrN2O3S. The highest BCUT2D eigenvalue weighted by atomic mass is 79.9. The van der Waals surface area contributed by atoms with E-state index in [1.54, 1.807) is 14.2 Å². The average molecular weight is 359 g/mol. The van der Waals surface area contributed by atoms with Crippen molar-refractivity contribution < 1.29 is 9.47 Å². The maximum absolute atomic E-state index is 11.0. The van der Waals surface area contributed by atoms with Gasteiger partial charge in [-0.1, -0.05) is 27.3 Å². The number of halogens is 1. The zero-order chi connectivity index (χ0) is 14.5. The number of thiazole rings is 1. The Balaban J connectivity index is 2.03. The first kappa shape index (κ1) is 15.1. The number of benzene rings is 1. The molecule has 1 heterocycles. The van der Waals surface area contributed by atoms with E-state index in [9.17, 15) is 4.79 Å². The predicted octanol–water partition coefficient (Wildman–Crippen LogP) is 2.51. The van der Waals surface area contributed by atoms with Crippen LogP contribution in [0, 0.1) is 0 Å². The molecule has 0 saturated heterocycles. The molecule has 0 unspecified atom stereocenters. The molecule has 20 heavy (non-hydrogen) atoms. The summed E-state index contributed by atoms with van der Waals surface area (Å²) in [6.07, 6.45) is 0. The van der Waals surface area contributed by atoms with Crippen molar-refractivity contribution in [1.29, 1.82) is 0 Å². The molecule has 0 aliphatic carbocycles. The van der Waals surface area contributed by atoms with Crippen molar-refractivity contribution in [2.75, 3.05) is 14.2 Å². The number of ether oxygens (including phenoxy) is 2. The quantitative estimate of drug-likeness (QED) is 0.832. The normalized spacial score (nSPS) is 10.6. The molecule has 0 spiro atoms. The molecule has 5 nitrogen and oxygen atoms in total. The summed E-state index contributed by atoms with van der Waals surface area (Å²) >= 11 is 4.68. The highest BCUT2D eigenvalue weighted by Gasteiger charge is 2.09. The van der Waals surface area contributed by atoms with E-state index in [2.05, 4.69) is 26.2 Å². The third-order valence-electron chi connectivity index (χ3n) is 2.75. The first-order valence-corrected chi connectivity index (χ1v) is 7.59. The van der Waals surface area contributed by atoms with E-state index in [0.717, 1.165) is 15.7 Å². The lowest BCUT2D eigenvalue weighted by Crippen LogP contribution is -2.14. The Morgan fingerprint density at radius 1 is 1.25 bits per heavy atom. The fourth-order valence-electron chi connectivity index (χ4n) is 1.76. The molecule has 2 N–H and O–H groups in total. The smallest absolute Gasteiger partial charge is 0.304 e. The van der Waals surface area contributed by atoms with Crippen LogP contribution in [0.5, 0.6) is 11.5 Å². The lowest BCUT2D eigenvalue weighted by Gasteiger charge is -2.12. The molecule has 7 heteroatoms. The van der Waals surface area contributed by atoms with Crippen LogP contribution in [0.25, 0.3) is 0 Å². The molecule has 0 saturated carbocycles. The molecule has 1 aromatic carbocycles. The van der Waals surface area contributed by atoms with E-state index in [1.165, 1.54) is 11.3 Å². The fraction of sp³-hybridized carbons (Fsp3) is 0.308. The molecule has 0 radical (unpaired) electrons. The van der Waals surface area contributed by atoms with Crippen LogP contribution in [0.3, 0.4) is 0 Å². The van der Waals surface area contributed by atoms with Gasteiger partial charge in [-0.15, -0.1) is 0 Å². The van der Waals surface area contributed by atoms with E-state index >= 15 is 0 Å². The molecule has 2 aromatic rings. The Morgan fingerprint density at radius 3 is 2.55 bits per heavy atom. The number of methoxy groups -OCH3 is 2. The number of nitrogens with one attached hydrogen (secondary N) is 2. The van der Waals surface area contributed by atoms with E-state index in [4.69, 9.17) is 9.47 Å². The molecule has 108 valence electrons. The second-order valence-corrected chi connectivity index (χ2v) is 5.77. The lowest BCUT2D eigenvalue weighted by molar-refractivity contribution is 0.354. The van der Waals surface area contributed by atoms with Crippen LogP contribution in [0.1, 0.15) is 11.3 Å². The molecule has 0 aliphatic heterocycles. The molecule has 2 rings (SSSR count). The third-order valence-corrected chi connectivity index (χ3v) is 4.21. The zero-order valence-electron chi connectivity index (χ0n) is 11.2. The maximum Gasteiger partial charge on any atom is 0.304 e. The van der Waals surface area contributed by atoms with E-state index in [0.29, 0.717) is 24.6 Å². The fourth-order valence-corrected chi connectivity index (χ4v) is 2.81. The minimum absolute atomic E-state index is 0.0332. The summed E-state index contributed by atoms with van der Waals surface area (Å²) in [5, 5.41) is 5.09. The van der Waals surface area contributed by atoms with Gasteiger partial charge in [-0.2, -0.15) is 0 Å². The van der Waals surface area contributed by atoms with Crippen molar-refractivity contribution in [2.45, 2.75) is 13.1 Å². The summed E-state index contributed by atoms with van der Waals surface area (Å²) < 4.78 is 11.5. The van der Waals surface area contributed by atoms with Gasteiger partial charge in [-0.3, -0.25) is 4.79 Å². The van der Waals surface area contributed by atoms with Gasteiger partial charge in [0, 0.05) is 28.6 Å². The van der Waals surface area contributed by atoms with Crippen LogP contribution in [0.4, 0.5) is 0 Å². The van der Waals surface area contributed by atoms with Crippen LogP contribution in [0.15, 0.2) is 26.8 Å². The Labute approximate surface area is 129 Å². The predicted molar refractivity (Wildman–Crippen MR) is 82.7 cm³/mol. The molecule has 0 fully saturated rings. The van der Waals surface area contributed by atoms with Crippen molar-refractivity contribution in [2.24, 2.45) is 0 Å². The number of aromatic nitrogens is 1. The molecule has 0 aliphatic rings. The molecular weight excluding hydrogens is 344 g/mol. The average Bonchev–Trinajstić information content (AvgIpc) is 2.85. The first-order chi connectivity index (χ1) is 9.63. The zero-order valence-corrected chi connectivity index (χ0v) is 13.6. The summed E-state index contributed by atoms with van der Waals surface area (Å²) in [6, 6.07) is 3.80. The van der Waals surface area contributed by atoms with Gasteiger partial charge in [0.15, 0.2) is 11.5 Å². The Morgan fingerprint density at radius 2 is 1.95 bits per heavy atom. The Bertz CT molecular complexity index is 639. The number of hydrogen-bond acceptors (Lipinski definition) is 5. The highest BCUT2D eigenvalue weighted by Crippen LogP contribution is 2.33. The summed E-state index contributed by atoms with van der Waals surface area (Å²) in [5.74, 6) is 1.38. The molecule has 0 amide bonds. The number of rotatable bonds is 6. The minimum Gasteiger partial charge on any atom is -0.493 e. The summed E-state index contributed by atoms with van der Waals surface area (Å²) in [4.78, 5) is 13.8. The van der Waals surface area contributed by atoms with Gasteiger partial charge >= 0.3 is 4.87 Å². The highest BCUT2D eigenvalue weighted by molar-refractivity contribution is 9.10. The van der Waals surface area contributed by atoms with Crippen molar-refractivity contribution in [3.63, 3.8) is 0 Å².